The molecule has 7 nitrogen and oxygen atoms in total. The molecular formula is C12H14FN3O4. The SMILES string of the molecule is [N-]=[N+]=NCCC(O)C(O)c1ccc(F)c(CC(=O)O)c1. The lowest BCUT2D eigenvalue weighted by Gasteiger charge is -2.18. The number of benzene rings is 1. The molecule has 0 amide bonds. The topological polar surface area (TPSA) is 127 Å². The first kappa shape index (κ1) is 15.9. The fraction of sp³-hybridized carbons (Fsp3) is 0.417. The fourth-order valence-electron chi connectivity index (χ4n) is 1.69. The standard InChI is InChI=1S/C12H14FN3O4/c13-9-2-1-7(5-8(9)6-11(18)19)12(20)10(17)3-4-15-16-14/h1-2,5,10,12,17,20H,3-4,6H2,(H,18,19). The van der Waals surface area contributed by atoms with Gasteiger partial charge in [-0.05, 0) is 35.2 Å². The highest BCUT2D eigenvalue weighted by molar-refractivity contribution is 5.70. The summed E-state index contributed by atoms with van der Waals surface area (Å²) in [5.41, 5.74) is 8.23. The lowest BCUT2D eigenvalue weighted by molar-refractivity contribution is -0.136. The number of rotatable bonds is 7. The third kappa shape index (κ3) is 4.51. The van der Waals surface area contributed by atoms with Crippen molar-refractivity contribution in [2.45, 2.75) is 25.0 Å². The highest BCUT2D eigenvalue weighted by Crippen LogP contribution is 2.22. The van der Waals surface area contributed by atoms with Gasteiger partial charge in [0.15, 0.2) is 0 Å². The van der Waals surface area contributed by atoms with Gasteiger partial charge >= 0.3 is 5.97 Å². The minimum atomic E-state index is -1.31. The summed E-state index contributed by atoms with van der Waals surface area (Å²) in [7, 11) is 0. The third-order valence-electron chi connectivity index (χ3n) is 2.71. The van der Waals surface area contributed by atoms with E-state index in [-0.39, 0.29) is 24.1 Å². The number of aliphatic carboxylic acids is 1. The normalized spacial score (nSPS) is 13.3. The van der Waals surface area contributed by atoms with E-state index >= 15 is 0 Å². The predicted molar refractivity (Wildman–Crippen MR) is 67.3 cm³/mol. The van der Waals surface area contributed by atoms with Crippen LogP contribution in [0.5, 0.6) is 0 Å². The molecule has 8 heteroatoms. The van der Waals surface area contributed by atoms with Crippen LogP contribution in [0, 0.1) is 5.82 Å². The Hall–Kier alpha value is -2.15. The van der Waals surface area contributed by atoms with Crippen LogP contribution < -0.4 is 0 Å². The van der Waals surface area contributed by atoms with Crippen molar-refractivity contribution in [1.29, 1.82) is 0 Å². The number of hydrogen-bond acceptors (Lipinski definition) is 4. The monoisotopic (exact) mass is 283 g/mol. The highest BCUT2D eigenvalue weighted by atomic mass is 19.1. The quantitative estimate of drug-likeness (QED) is 0.398. The van der Waals surface area contributed by atoms with E-state index in [1.807, 2.05) is 0 Å². The van der Waals surface area contributed by atoms with E-state index in [1.54, 1.807) is 0 Å². The van der Waals surface area contributed by atoms with Crippen LogP contribution in [-0.2, 0) is 11.2 Å². The molecule has 0 fully saturated rings. The number of halogens is 1. The van der Waals surface area contributed by atoms with Gasteiger partial charge in [-0.3, -0.25) is 4.79 Å². The Labute approximate surface area is 113 Å². The summed E-state index contributed by atoms with van der Waals surface area (Å²) in [6.45, 7) is 0.0118. The van der Waals surface area contributed by atoms with Crippen LogP contribution in [0.1, 0.15) is 23.7 Å². The van der Waals surface area contributed by atoms with Crippen LogP contribution in [0.15, 0.2) is 23.3 Å². The number of hydrogen-bond donors (Lipinski definition) is 3. The Morgan fingerprint density at radius 2 is 2.15 bits per heavy atom. The Bertz CT molecular complexity index is 531. The number of azide groups is 1. The van der Waals surface area contributed by atoms with E-state index in [2.05, 4.69) is 10.0 Å². The number of aliphatic hydroxyl groups excluding tert-OH is 2. The first-order valence-electron chi connectivity index (χ1n) is 5.82. The van der Waals surface area contributed by atoms with Gasteiger partial charge in [0.05, 0.1) is 12.5 Å². The van der Waals surface area contributed by atoms with E-state index in [4.69, 9.17) is 10.6 Å². The van der Waals surface area contributed by atoms with E-state index in [9.17, 15) is 19.4 Å². The molecule has 0 saturated carbocycles. The maximum absolute atomic E-state index is 13.4. The minimum Gasteiger partial charge on any atom is -0.481 e. The Kier molecular flexibility index (Phi) is 5.92. The van der Waals surface area contributed by atoms with Crippen molar-refractivity contribution in [3.05, 3.63) is 45.6 Å². The fourth-order valence-corrected chi connectivity index (χ4v) is 1.69. The molecule has 1 rings (SSSR count). The molecule has 1 aromatic rings. The van der Waals surface area contributed by atoms with Crippen molar-refractivity contribution in [3.8, 4) is 0 Å². The molecule has 1 aromatic carbocycles. The molecule has 0 aliphatic heterocycles. The summed E-state index contributed by atoms with van der Waals surface area (Å²) in [4.78, 5) is 13.1. The van der Waals surface area contributed by atoms with E-state index in [1.165, 1.54) is 12.1 Å². The second-order valence-corrected chi connectivity index (χ2v) is 4.18. The second-order valence-electron chi connectivity index (χ2n) is 4.18. The maximum atomic E-state index is 13.4. The lowest BCUT2D eigenvalue weighted by Crippen LogP contribution is -2.19. The molecule has 2 atom stereocenters. The Morgan fingerprint density at radius 1 is 1.45 bits per heavy atom. The van der Waals surface area contributed by atoms with Gasteiger partial charge in [0.1, 0.15) is 11.9 Å². The third-order valence-corrected chi connectivity index (χ3v) is 2.71. The summed E-state index contributed by atoms with van der Waals surface area (Å²) < 4.78 is 13.4. The van der Waals surface area contributed by atoms with Gasteiger partial charge in [0, 0.05) is 11.5 Å². The van der Waals surface area contributed by atoms with Crippen LogP contribution in [0.25, 0.3) is 10.4 Å². The number of aliphatic hydroxyl groups is 2. The van der Waals surface area contributed by atoms with Crippen molar-refractivity contribution >= 4 is 5.97 Å². The minimum absolute atomic E-state index is 0.0118. The van der Waals surface area contributed by atoms with Gasteiger partial charge in [-0.25, -0.2) is 4.39 Å². The number of carbonyl (C=O) groups is 1. The largest absolute Gasteiger partial charge is 0.481 e. The zero-order chi connectivity index (χ0) is 15.1. The Morgan fingerprint density at radius 3 is 2.75 bits per heavy atom. The average Bonchev–Trinajstić information content (AvgIpc) is 2.40. The molecule has 0 bridgehead atoms. The molecule has 108 valence electrons. The molecule has 0 saturated heterocycles. The van der Waals surface area contributed by atoms with Crippen LogP contribution >= 0.6 is 0 Å². The molecule has 0 aromatic heterocycles. The van der Waals surface area contributed by atoms with Crippen LogP contribution in [-0.4, -0.2) is 33.9 Å². The summed E-state index contributed by atoms with van der Waals surface area (Å²) in [6.07, 6.45) is -2.97. The molecule has 3 N–H and O–H groups in total. The molecule has 0 aliphatic carbocycles. The predicted octanol–water partition coefficient (Wildman–Crippen LogP) is 1.55. The number of carboxylic acids is 1. The summed E-state index contributed by atoms with van der Waals surface area (Å²) in [5, 5.41) is 31.5. The lowest BCUT2D eigenvalue weighted by atomic mass is 9.99. The first-order chi connectivity index (χ1) is 9.45. The van der Waals surface area contributed by atoms with Gasteiger partial charge in [0.2, 0.25) is 0 Å². The number of carboxylic acid groups (broad SMARTS) is 1. The first-order valence-corrected chi connectivity index (χ1v) is 5.82. The average molecular weight is 283 g/mol. The molecule has 0 aliphatic rings. The van der Waals surface area contributed by atoms with Crippen molar-refractivity contribution in [2.75, 3.05) is 6.54 Å². The summed E-state index contributed by atoms with van der Waals surface area (Å²) in [6, 6.07) is 3.50. The number of nitrogens with zero attached hydrogens (tertiary/aromatic N) is 3. The summed E-state index contributed by atoms with van der Waals surface area (Å²) in [5.74, 6) is -1.88. The van der Waals surface area contributed by atoms with Crippen LogP contribution in [0.3, 0.4) is 0 Å². The molecule has 0 heterocycles. The zero-order valence-corrected chi connectivity index (χ0v) is 10.5. The molecule has 20 heavy (non-hydrogen) atoms. The van der Waals surface area contributed by atoms with Gasteiger partial charge in [-0.1, -0.05) is 11.2 Å². The Balaban J connectivity index is 2.84. The molecule has 0 spiro atoms. The molecule has 0 radical (unpaired) electrons. The van der Waals surface area contributed by atoms with Gasteiger partial charge in [-0.2, -0.15) is 0 Å². The van der Waals surface area contributed by atoms with E-state index in [0.29, 0.717) is 0 Å². The van der Waals surface area contributed by atoms with Crippen molar-refractivity contribution in [3.63, 3.8) is 0 Å². The molecule has 2 unspecified atom stereocenters. The van der Waals surface area contributed by atoms with Crippen molar-refractivity contribution in [1.82, 2.24) is 0 Å². The van der Waals surface area contributed by atoms with Gasteiger partial charge in [0.25, 0.3) is 0 Å². The van der Waals surface area contributed by atoms with Gasteiger partial charge < -0.3 is 15.3 Å². The molecular weight excluding hydrogens is 269 g/mol. The van der Waals surface area contributed by atoms with E-state index < -0.39 is 30.4 Å². The van der Waals surface area contributed by atoms with Crippen LogP contribution in [0.2, 0.25) is 0 Å². The van der Waals surface area contributed by atoms with E-state index in [0.717, 1.165) is 6.07 Å². The summed E-state index contributed by atoms with van der Waals surface area (Å²) >= 11 is 0. The second kappa shape index (κ2) is 7.44. The van der Waals surface area contributed by atoms with Gasteiger partial charge in [-0.15, -0.1) is 0 Å². The zero-order valence-electron chi connectivity index (χ0n) is 10.5. The smallest absolute Gasteiger partial charge is 0.307 e. The highest BCUT2D eigenvalue weighted by Gasteiger charge is 2.19. The van der Waals surface area contributed by atoms with Crippen molar-refractivity contribution in [2.24, 2.45) is 5.11 Å². The maximum Gasteiger partial charge on any atom is 0.307 e. The van der Waals surface area contributed by atoms with Crippen LogP contribution in [0.4, 0.5) is 4.39 Å². The van der Waals surface area contributed by atoms with Crippen molar-refractivity contribution < 1.29 is 24.5 Å².